The zero-order chi connectivity index (χ0) is 9.40. The van der Waals surface area contributed by atoms with Crippen molar-refractivity contribution in [3.8, 4) is 12.3 Å². The number of ether oxygens (including phenoxy) is 2. The van der Waals surface area contributed by atoms with Crippen LogP contribution >= 0.6 is 0 Å². The summed E-state index contributed by atoms with van der Waals surface area (Å²) in [6.45, 7) is 2.27. The highest BCUT2D eigenvalue weighted by Crippen LogP contribution is 2.00. The van der Waals surface area contributed by atoms with E-state index in [1.54, 1.807) is 0 Å². The molecule has 3 nitrogen and oxygen atoms in total. The molecule has 12 heavy (non-hydrogen) atoms. The summed E-state index contributed by atoms with van der Waals surface area (Å²) in [5, 5.41) is 0. The second kappa shape index (κ2) is 6.68. The Balaban J connectivity index is 3.69. The van der Waals surface area contributed by atoms with Gasteiger partial charge in [-0.2, -0.15) is 0 Å². The van der Waals surface area contributed by atoms with Crippen LogP contribution in [0, 0.1) is 12.3 Å². The lowest BCUT2D eigenvalue weighted by atomic mass is 10.3. The second-order valence-corrected chi connectivity index (χ2v) is 2.24. The number of carbonyl (C=O) groups excluding carboxylic acids is 1. The minimum atomic E-state index is -0.469. The molecule has 0 aromatic rings. The maximum atomic E-state index is 10.9. The van der Waals surface area contributed by atoms with Crippen LogP contribution in [0.1, 0.15) is 19.8 Å². The predicted molar refractivity (Wildman–Crippen MR) is 45.5 cm³/mol. The first kappa shape index (κ1) is 11.0. The summed E-state index contributed by atoms with van der Waals surface area (Å²) in [6.07, 6.45) is 5.68. The van der Waals surface area contributed by atoms with Crippen LogP contribution in [-0.4, -0.2) is 25.8 Å². The van der Waals surface area contributed by atoms with E-state index in [4.69, 9.17) is 11.2 Å². The summed E-state index contributed by atoms with van der Waals surface area (Å²) < 4.78 is 9.69. The van der Waals surface area contributed by atoms with Crippen molar-refractivity contribution in [3.05, 3.63) is 0 Å². The Labute approximate surface area is 73.0 Å². The molecule has 0 heterocycles. The molecule has 0 aromatic heterocycles. The zero-order valence-corrected chi connectivity index (χ0v) is 7.50. The number of rotatable bonds is 5. The maximum absolute atomic E-state index is 10.9. The van der Waals surface area contributed by atoms with E-state index in [1.807, 2.05) is 6.92 Å². The third-order valence-electron chi connectivity index (χ3n) is 1.40. The minimum Gasteiger partial charge on any atom is -0.467 e. The quantitative estimate of drug-likeness (QED) is 0.350. The molecule has 1 atom stereocenters. The molecule has 0 aliphatic heterocycles. The summed E-state index contributed by atoms with van der Waals surface area (Å²) in [5.41, 5.74) is 0. The van der Waals surface area contributed by atoms with E-state index in [0.29, 0.717) is 19.4 Å². The Kier molecular flexibility index (Phi) is 6.12. The maximum Gasteiger partial charge on any atom is 0.334 e. The Morgan fingerprint density at radius 3 is 2.75 bits per heavy atom. The van der Waals surface area contributed by atoms with Gasteiger partial charge in [-0.3, -0.25) is 0 Å². The fourth-order valence-electron chi connectivity index (χ4n) is 0.744. The van der Waals surface area contributed by atoms with Crippen molar-refractivity contribution in [2.24, 2.45) is 0 Å². The molecule has 0 aromatic carbocycles. The van der Waals surface area contributed by atoms with Crippen molar-refractivity contribution in [3.63, 3.8) is 0 Å². The smallest absolute Gasteiger partial charge is 0.334 e. The molecule has 0 saturated carbocycles. The number of hydrogen-bond donors (Lipinski definition) is 0. The average Bonchev–Trinajstić information content (AvgIpc) is 2.11. The Morgan fingerprint density at radius 2 is 2.33 bits per heavy atom. The van der Waals surface area contributed by atoms with E-state index in [9.17, 15) is 4.79 Å². The van der Waals surface area contributed by atoms with Gasteiger partial charge in [-0.25, -0.2) is 4.79 Å². The monoisotopic (exact) mass is 170 g/mol. The van der Waals surface area contributed by atoms with Crippen LogP contribution in [0.5, 0.6) is 0 Å². The zero-order valence-electron chi connectivity index (χ0n) is 7.50. The summed E-state index contributed by atoms with van der Waals surface area (Å²) in [6, 6.07) is 0. The van der Waals surface area contributed by atoms with Gasteiger partial charge < -0.3 is 9.47 Å². The van der Waals surface area contributed by atoms with Crippen LogP contribution in [0.2, 0.25) is 0 Å². The van der Waals surface area contributed by atoms with Crippen LogP contribution in [0.15, 0.2) is 0 Å². The number of terminal acetylenes is 1. The van der Waals surface area contributed by atoms with Gasteiger partial charge in [-0.15, -0.1) is 12.3 Å². The average molecular weight is 170 g/mol. The van der Waals surface area contributed by atoms with E-state index >= 15 is 0 Å². The third kappa shape index (κ3) is 3.99. The van der Waals surface area contributed by atoms with Crippen LogP contribution in [0.3, 0.4) is 0 Å². The lowest BCUT2D eigenvalue weighted by molar-refractivity contribution is -0.154. The largest absolute Gasteiger partial charge is 0.467 e. The van der Waals surface area contributed by atoms with Gasteiger partial charge >= 0.3 is 5.97 Å². The molecule has 0 aliphatic rings. The van der Waals surface area contributed by atoms with E-state index < -0.39 is 6.10 Å². The van der Waals surface area contributed by atoms with Gasteiger partial charge in [0.1, 0.15) is 0 Å². The number of esters is 1. The Bertz CT molecular complexity index is 169. The normalized spacial score (nSPS) is 11.8. The molecule has 68 valence electrons. The molecule has 0 amide bonds. The van der Waals surface area contributed by atoms with Crippen LogP contribution in [0.25, 0.3) is 0 Å². The summed E-state index contributed by atoms with van der Waals surface area (Å²) in [4.78, 5) is 10.9. The van der Waals surface area contributed by atoms with Gasteiger partial charge in [-0.1, -0.05) is 6.92 Å². The topological polar surface area (TPSA) is 35.5 Å². The summed E-state index contributed by atoms with van der Waals surface area (Å²) >= 11 is 0. The second-order valence-electron chi connectivity index (χ2n) is 2.24. The van der Waals surface area contributed by atoms with Gasteiger partial charge in [0.2, 0.25) is 0 Å². The van der Waals surface area contributed by atoms with E-state index in [2.05, 4.69) is 10.7 Å². The SMILES string of the molecule is C#CCCOC(CC)C(=O)OC. The van der Waals surface area contributed by atoms with Gasteiger partial charge in [0, 0.05) is 6.42 Å². The van der Waals surface area contributed by atoms with Crippen LogP contribution in [-0.2, 0) is 14.3 Å². The first-order valence-corrected chi connectivity index (χ1v) is 3.89. The molecule has 0 bridgehead atoms. The van der Waals surface area contributed by atoms with E-state index in [0.717, 1.165) is 0 Å². The molecule has 0 radical (unpaired) electrons. The van der Waals surface area contributed by atoms with Crippen LogP contribution < -0.4 is 0 Å². The molecule has 3 heteroatoms. The molecular weight excluding hydrogens is 156 g/mol. The molecule has 1 unspecified atom stereocenters. The number of carbonyl (C=O) groups is 1. The molecule has 0 N–H and O–H groups in total. The fraction of sp³-hybridized carbons (Fsp3) is 0.667. The first-order valence-electron chi connectivity index (χ1n) is 3.89. The fourth-order valence-corrected chi connectivity index (χ4v) is 0.744. The van der Waals surface area contributed by atoms with Crippen molar-refractivity contribution < 1.29 is 14.3 Å². The molecule has 0 aliphatic carbocycles. The van der Waals surface area contributed by atoms with Gasteiger partial charge in [0.15, 0.2) is 6.10 Å². The minimum absolute atomic E-state index is 0.338. The third-order valence-corrected chi connectivity index (χ3v) is 1.40. The lowest BCUT2D eigenvalue weighted by Gasteiger charge is -2.11. The van der Waals surface area contributed by atoms with Gasteiger partial charge in [0.05, 0.1) is 13.7 Å². The first-order chi connectivity index (χ1) is 5.76. The van der Waals surface area contributed by atoms with Crippen molar-refractivity contribution in [1.29, 1.82) is 0 Å². The molecule has 0 fully saturated rings. The number of hydrogen-bond acceptors (Lipinski definition) is 3. The van der Waals surface area contributed by atoms with E-state index in [-0.39, 0.29) is 5.97 Å². The van der Waals surface area contributed by atoms with Crippen molar-refractivity contribution in [2.75, 3.05) is 13.7 Å². The van der Waals surface area contributed by atoms with Crippen molar-refractivity contribution in [2.45, 2.75) is 25.9 Å². The predicted octanol–water partition coefficient (Wildman–Crippen LogP) is 0.978. The summed E-state index contributed by atoms with van der Waals surface area (Å²) in [7, 11) is 1.34. The highest BCUT2D eigenvalue weighted by Gasteiger charge is 2.16. The summed E-state index contributed by atoms with van der Waals surface area (Å²) in [5.74, 6) is 2.09. The number of methoxy groups -OCH3 is 1. The van der Waals surface area contributed by atoms with E-state index in [1.165, 1.54) is 7.11 Å². The van der Waals surface area contributed by atoms with Gasteiger partial charge in [-0.05, 0) is 6.42 Å². The van der Waals surface area contributed by atoms with Crippen molar-refractivity contribution >= 4 is 5.97 Å². The van der Waals surface area contributed by atoms with Gasteiger partial charge in [0.25, 0.3) is 0 Å². The van der Waals surface area contributed by atoms with Crippen molar-refractivity contribution in [1.82, 2.24) is 0 Å². The molecule has 0 rings (SSSR count). The Hall–Kier alpha value is -1.01. The molecule has 0 saturated heterocycles. The van der Waals surface area contributed by atoms with Crippen LogP contribution in [0.4, 0.5) is 0 Å². The molecular formula is C9H14O3. The lowest BCUT2D eigenvalue weighted by Crippen LogP contribution is -2.25. The highest BCUT2D eigenvalue weighted by atomic mass is 16.6. The highest BCUT2D eigenvalue weighted by molar-refractivity contribution is 5.74. The standard InChI is InChI=1S/C9H14O3/c1-4-6-7-12-8(5-2)9(10)11-3/h1,8H,5-7H2,2-3H3. The Morgan fingerprint density at radius 1 is 1.67 bits per heavy atom. The molecule has 0 spiro atoms.